The highest BCUT2D eigenvalue weighted by molar-refractivity contribution is 5.73. The SMILES string of the molecule is CCOCC(NC(C(=O)O)C(C)C)C(C)C. The summed E-state index contributed by atoms with van der Waals surface area (Å²) in [5.74, 6) is -0.371. The highest BCUT2D eigenvalue weighted by atomic mass is 16.5. The molecule has 0 spiro atoms. The second-order valence-electron chi connectivity index (χ2n) is 4.74. The molecule has 4 nitrogen and oxygen atoms in total. The maximum atomic E-state index is 11.1. The van der Waals surface area contributed by atoms with Crippen molar-refractivity contribution in [2.75, 3.05) is 13.2 Å². The van der Waals surface area contributed by atoms with Gasteiger partial charge >= 0.3 is 5.97 Å². The van der Waals surface area contributed by atoms with Crippen LogP contribution in [0.15, 0.2) is 0 Å². The van der Waals surface area contributed by atoms with E-state index in [0.717, 1.165) is 0 Å². The van der Waals surface area contributed by atoms with Crippen LogP contribution in [-0.4, -0.2) is 36.4 Å². The first-order valence-electron chi connectivity index (χ1n) is 5.96. The molecule has 0 heterocycles. The van der Waals surface area contributed by atoms with E-state index in [1.807, 2.05) is 20.8 Å². The topological polar surface area (TPSA) is 58.6 Å². The predicted molar refractivity (Wildman–Crippen MR) is 64.5 cm³/mol. The average Bonchev–Trinajstić information content (AvgIpc) is 2.16. The zero-order chi connectivity index (χ0) is 12.7. The summed E-state index contributed by atoms with van der Waals surface area (Å²) in [5, 5.41) is 12.3. The van der Waals surface area contributed by atoms with E-state index in [-0.39, 0.29) is 12.0 Å². The van der Waals surface area contributed by atoms with Crippen molar-refractivity contribution in [2.45, 2.75) is 46.7 Å². The lowest BCUT2D eigenvalue weighted by Crippen LogP contribution is -2.50. The molecule has 4 heteroatoms. The van der Waals surface area contributed by atoms with E-state index in [9.17, 15) is 4.79 Å². The molecule has 0 amide bonds. The van der Waals surface area contributed by atoms with Crippen molar-refractivity contribution in [3.05, 3.63) is 0 Å². The molecule has 0 aromatic carbocycles. The van der Waals surface area contributed by atoms with Crippen molar-refractivity contribution in [2.24, 2.45) is 11.8 Å². The summed E-state index contributed by atoms with van der Waals surface area (Å²) in [7, 11) is 0. The molecule has 0 saturated heterocycles. The highest BCUT2D eigenvalue weighted by Crippen LogP contribution is 2.08. The Morgan fingerprint density at radius 2 is 1.81 bits per heavy atom. The summed E-state index contributed by atoms with van der Waals surface area (Å²) in [5.41, 5.74) is 0. The molecule has 0 saturated carbocycles. The summed E-state index contributed by atoms with van der Waals surface area (Å²) < 4.78 is 5.36. The average molecular weight is 231 g/mol. The quantitative estimate of drug-likeness (QED) is 0.668. The highest BCUT2D eigenvalue weighted by Gasteiger charge is 2.25. The number of carbonyl (C=O) groups is 1. The normalized spacial score (nSPS) is 15.4. The van der Waals surface area contributed by atoms with E-state index < -0.39 is 12.0 Å². The van der Waals surface area contributed by atoms with Gasteiger partial charge in [0.15, 0.2) is 0 Å². The van der Waals surface area contributed by atoms with Crippen LogP contribution in [0.2, 0.25) is 0 Å². The van der Waals surface area contributed by atoms with E-state index in [1.54, 1.807) is 0 Å². The number of ether oxygens (including phenoxy) is 1. The smallest absolute Gasteiger partial charge is 0.320 e. The standard InChI is InChI=1S/C12H25NO3/c1-6-16-7-10(8(2)3)13-11(9(4)5)12(14)15/h8-11,13H,6-7H2,1-5H3,(H,14,15). The van der Waals surface area contributed by atoms with E-state index in [1.165, 1.54) is 0 Å². The van der Waals surface area contributed by atoms with Crippen LogP contribution >= 0.6 is 0 Å². The molecule has 0 aliphatic carbocycles. The van der Waals surface area contributed by atoms with E-state index >= 15 is 0 Å². The van der Waals surface area contributed by atoms with Crippen molar-refractivity contribution in [3.8, 4) is 0 Å². The Hall–Kier alpha value is -0.610. The van der Waals surface area contributed by atoms with Crippen LogP contribution in [0.25, 0.3) is 0 Å². The number of aliphatic carboxylic acids is 1. The molecule has 2 N–H and O–H groups in total. The van der Waals surface area contributed by atoms with Crippen LogP contribution in [0, 0.1) is 11.8 Å². The lowest BCUT2D eigenvalue weighted by Gasteiger charge is -2.28. The van der Waals surface area contributed by atoms with E-state index in [2.05, 4.69) is 19.2 Å². The molecular formula is C12H25NO3. The molecule has 0 radical (unpaired) electrons. The predicted octanol–water partition coefficient (Wildman–Crippen LogP) is 1.75. The van der Waals surface area contributed by atoms with E-state index in [0.29, 0.717) is 19.1 Å². The fourth-order valence-electron chi connectivity index (χ4n) is 1.46. The molecule has 0 fully saturated rings. The zero-order valence-electron chi connectivity index (χ0n) is 11.0. The first-order valence-corrected chi connectivity index (χ1v) is 5.96. The van der Waals surface area contributed by atoms with Crippen LogP contribution in [0.5, 0.6) is 0 Å². The Morgan fingerprint density at radius 1 is 1.25 bits per heavy atom. The molecule has 0 bridgehead atoms. The van der Waals surface area contributed by atoms with Crippen molar-refractivity contribution in [1.29, 1.82) is 0 Å². The third kappa shape index (κ3) is 5.47. The van der Waals surface area contributed by atoms with Crippen molar-refractivity contribution < 1.29 is 14.6 Å². The van der Waals surface area contributed by atoms with Gasteiger partial charge in [0.05, 0.1) is 6.61 Å². The van der Waals surface area contributed by atoms with Crippen LogP contribution in [0.1, 0.15) is 34.6 Å². The number of hydrogen-bond acceptors (Lipinski definition) is 3. The number of carboxylic acid groups (broad SMARTS) is 1. The lowest BCUT2D eigenvalue weighted by atomic mass is 9.99. The molecule has 2 unspecified atom stereocenters. The van der Waals surface area contributed by atoms with Gasteiger partial charge in [-0.2, -0.15) is 0 Å². The van der Waals surface area contributed by atoms with Gasteiger partial charge in [-0.3, -0.25) is 10.1 Å². The van der Waals surface area contributed by atoms with Crippen molar-refractivity contribution in [3.63, 3.8) is 0 Å². The van der Waals surface area contributed by atoms with Gasteiger partial charge in [0.2, 0.25) is 0 Å². The van der Waals surface area contributed by atoms with Gasteiger partial charge in [0.25, 0.3) is 0 Å². The second kappa shape index (κ2) is 7.63. The van der Waals surface area contributed by atoms with Gasteiger partial charge in [-0.1, -0.05) is 27.7 Å². The molecule has 0 aromatic rings. The zero-order valence-corrected chi connectivity index (χ0v) is 11.0. The number of rotatable bonds is 8. The van der Waals surface area contributed by atoms with Gasteiger partial charge in [-0.05, 0) is 18.8 Å². The first-order chi connectivity index (χ1) is 7.40. The minimum absolute atomic E-state index is 0.0698. The lowest BCUT2D eigenvalue weighted by molar-refractivity contribution is -0.141. The maximum Gasteiger partial charge on any atom is 0.320 e. The summed E-state index contributed by atoms with van der Waals surface area (Å²) in [6, 6.07) is -0.420. The van der Waals surface area contributed by atoms with Crippen LogP contribution in [-0.2, 0) is 9.53 Å². The maximum absolute atomic E-state index is 11.1. The molecule has 0 rings (SSSR count). The largest absolute Gasteiger partial charge is 0.480 e. The van der Waals surface area contributed by atoms with E-state index in [4.69, 9.17) is 9.84 Å². The fraction of sp³-hybridized carbons (Fsp3) is 0.917. The Kier molecular flexibility index (Phi) is 7.34. The van der Waals surface area contributed by atoms with Crippen LogP contribution < -0.4 is 5.32 Å². The Balaban J connectivity index is 4.39. The molecule has 16 heavy (non-hydrogen) atoms. The van der Waals surface area contributed by atoms with Crippen molar-refractivity contribution in [1.82, 2.24) is 5.32 Å². The third-order valence-electron chi connectivity index (χ3n) is 2.63. The molecule has 0 aliphatic heterocycles. The molecule has 96 valence electrons. The second-order valence-corrected chi connectivity index (χ2v) is 4.74. The first kappa shape index (κ1) is 15.4. The minimum atomic E-state index is -0.794. The minimum Gasteiger partial charge on any atom is -0.480 e. The van der Waals surface area contributed by atoms with Crippen LogP contribution in [0.3, 0.4) is 0 Å². The number of nitrogens with one attached hydrogen (secondary N) is 1. The van der Waals surface area contributed by atoms with Crippen LogP contribution in [0.4, 0.5) is 0 Å². The van der Waals surface area contributed by atoms with Gasteiger partial charge in [0, 0.05) is 12.6 Å². The summed E-state index contributed by atoms with van der Waals surface area (Å²) in [6.45, 7) is 11.1. The van der Waals surface area contributed by atoms with Gasteiger partial charge < -0.3 is 9.84 Å². The number of hydrogen-bond donors (Lipinski definition) is 2. The fourth-order valence-corrected chi connectivity index (χ4v) is 1.46. The molecular weight excluding hydrogens is 206 g/mol. The number of carboxylic acids is 1. The summed E-state index contributed by atoms with van der Waals surface area (Å²) in [6.07, 6.45) is 0. The third-order valence-corrected chi connectivity index (χ3v) is 2.63. The Morgan fingerprint density at radius 3 is 2.12 bits per heavy atom. The van der Waals surface area contributed by atoms with Crippen molar-refractivity contribution >= 4 is 5.97 Å². The van der Waals surface area contributed by atoms with Gasteiger partial charge in [-0.15, -0.1) is 0 Å². The monoisotopic (exact) mass is 231 g/mol. The summed E-state index contributed by atoms with van der Waals surface area (Å²) >= 11 is 0. The Labute approximate surface area is 98.4 Å². The molecule has 0 aromatic heterocycles. The molecule has 0 aliphatic rings. The van der Waals surface area contributed by atoms with Gasteiger partial charge in [-0.25, -0.2) is 0 Å². The summed E-state index contributed by atoms with van der Waals surface area (Å²) in [4.78, 5) is 11.1. The van der Waals surface area contributed by atoms with Gasteiger partial charge in [0.1, 0.15) is 6.04 Å². The molecule has 2 atom stereocenters. The Bertz CT molecular complexity index is 204.